The molecule has 1 N–H and O–H groups in total. The fraction of sp³-hybridized carbons (Fsp3) is 0.400. The molecule has 0 spiro atoms. The maximum atomic E-state index is 12.0. The topological polar surface area (TPSA) is 68.1 Å². The Hall–Kier alpha value is -1.67. The highest BCUT2D eigenvalue weighted by Gasteiger charge is 2.43. The average Bonchev–Trinajstić information content (AvgIpc) is 3.19. The second-order valence-electron chi connectivity index (χ2n) is 7.23. The molecule has 1 atom stereocenters. The number of rotatable bonds is 5. The number of oxime groups is 1. The van der Waals surface area contributed by atoms with Gasteiger partial charge in [0.1, 0.15) is 5.60 Å². The van der Waals surface area contributed by atoms with Gasteiger partial charge in [-0.05, 0) is 63.8 Å². The number of nitrogens with zero attached hydrogens (tertiary/aromatic N) is 1. The summed E-state index contributed by atoms with van der Waals surface area (Å²) in [5, 5.41) is 14.3. The highest BCUT2D eigenvalue weighted by Crippen LogP contribution is 2.42. The summed E-state index contributed by atoms with van der Waals surface area (Å²) in [5.41, 5.74) is 2.25. The van der Waals surface area contributed by atoms with Crippen molar-refractivity contribution < 1.29 is 19.5 Å². The lowest BCUT2D eigenvalue weighted by atomic mass is 10.0. The molecule has 27 heavy (non-hydrogen) atoms. The minimum Gasteiger partial charge on any atom is -0.411 e. The first-order valence-electron chi connectivity index (χ1n) is 8.58. The molecule has 0 saturated carbocycles. The van der Waals surface area contributed by atoms with Gasteiger partial charge < -0.3 is 14.7 Å². The molecule has 0 radical (unpaired) electrons. The zero-order valence-corrected chi connectivity index (χ0v) is 17.7. The lowest BCUT2D eigenvalue weighted by Gasteiger charge is -2.24. The minimum atomic E-state index is -0.581. The van der Waals surface area contributed by atoms with Gasteiger partial charge in [-0.3, -0.25) is 4.79 Å². The van der Waals surface area contributed by atoms with Crippen LogP contribution in [0.2, 0.25) is 0 Å². The molecule has 1 unspecified atom stereocenters. The second-order valence-corrected chi connectivity index (χ2v) is 9.51. The molecule has 144 valence electrons. The molecule has 0 bridgehead atoms. The Morgan fingerprint density at radius 1 is 1.22 bits per heavy atom. The van der Waals surface area contributed by atoms with Crippen LogP contribution < -0.4 is 0 Å². The van der Waals surface area contributed by atoms with Gasteiger partial charge >= 0.3 is 0 Å². The predicted molar refractivity (Wildman–Crippen MR) is 107 cm³/mol. The van der Waals surface area contributed by atoms with Crippen molar-refractivity contribution in [2.75, 3.05) is 6.61 Å². The Labute approximate surface area is 167 Å². The second kappa shape index (κ2) is 7.39. The summed E-state index contributed by atoms with van der Waals surface area (Å²) in [4.78, 5) is 13.0. The van der Waals surface area contributed by atoms with Crippen LogP contribution in [0.25, 0.3) is 0 Å². The van der Waals surface area contributed by atoms with Gasteiger partial charge in [0.05, 0.1) is 16.5 Å². The summed E-state index contributed by atoms with van der Waals surface area (Å²) >= 11 is 3.23. The zero-order valence-electron chi connectivity index (χ0n) is 16.0. The molecule has 2 heterocycles. The van der Waals surface area contributed by atoms with Gasteiger partial charge in [0.2, 0.25) is 0 Å². The first kappa shape index (κ1) is 20.1. The molecule has 1 aliphatic rings. The molecule has 1 aromatic carbocycles. The predicted octanol–water partition coefficient (Wildman–Crippen LogP) is 5.30. The maximum Gasteiger partial charge on any atom is 0.164 e. The van der Waals surface area contributed by atoms with Crippen LogP contribution in [0.4, 0.5) is 0 Å². The number of Topliss-reactive ketones (excluding diaryl/α,β-unsaturated/α-hetero) is 1. The van der Waals surface area contributed by atoms with E-state index in [0.29, 0.717) is 23.4 Å². The SMILES string of the molecule is CC(=O)c1cc(Sc2cc(C3(C)COC(C)(C)O3)cs2)ccc1/C(C)=N/O. The lowest BCUT2D eigenvalue weighted by molar-refractivity contribution is -0.159. The van der Waals surface area contributed by atoms with Crippen LogP contribution >= 0.6 is 23.1 Å². The molecule has 3 rings (SSSR count). The van der Waals surface area contributed by atoms with Crippen molar-refractivity contribution >= 4 is 34.6 Å². The van der Waals surface area contributed by atoms with E-state index in [2.05, 4.69) is 16.6 Å². The van der Waals surface area contributed by atoms with Crippen LogP contribution in [0, 0.1) is 0 Å². The molecule has 5 nitrogen and oxygen atoms in total. The van der Waals surface area contributed by atoms with Gasteiger partial charge in [0.15, 0.2) is 11.6 Å². The van der Waals surface area contributed by atoms with Crippen molar-refractivity contribution in [3.63, 3.8) is 0 Å². The van der Waals surface area contributed by atoms with Gasteiger partial charge in [-0.1, -0.05) is 23.0 Å². The van der Waals surface area contributed by atoms with E-state index < -0.39 is 11.4 Å². The molecule has 2 aromatic rings. The van der Waals surface area contributed by atoms with Crippen LogP contribution in [0.3, 0.4) is 0 Å². The van der Waals surface area contributed by atoms with Gasteiger partial charge in [-0.25, -0.2) is 0 Å². The molecule has 1 aromatic heterocycles. The summed E-state index contributed by atoms with van der Waals surface area (Å²) in [5.74, 6) is -0.643. The number of ketones is 1. The number of carbonyl (C=O) groups excluding carboxylic acids is 1. The molecular formula is C20H23NO4S2. The van der Waals surface area contributed by atoms with Crippen molar-refractivity contribution in [2.24, 2.45) is 5.16 Å². The van der Waals surface area contributed by atoms with Crippen molar-refractivity contribution in [3.8, 4) is 0 Å². The molecule has 0 amide bonds. The minimum absolute atomic E-state index is 0.0615. The summed E-state index contributed by atoms with van der Waals surface area (Å²) in [7, 11) is 0. The first-order valence-corrected chi connectivity index (χ1v) is 10.3. The van der Waals surface area contributed by atoms with E-state index in [4.69, 9.17) is 14.7 Å². The van der Waals surface area contributed by atoms with Crippen LogP contribution in [-0.4, -0.2) is 29.1 Å². The molecule has 1 aliphatic heterocycles. The largest absolute Gasteiger partial charge is 0.411 e. The van der Waals surface area contributed by atoms with Crippen LogP contribution in [0.5, 0.6) is 0 Å². The number of carbonyl (C=O) groups is 1. The monoisotopic (exact) mass is 405 g/mol. The maximum absolute atomic E-state index is 12.0. The van der Waals surface area contributed by atoms with Gasteiger partial charge in [0, 0.05) is 16.0 Å². The standard InChI is InChI=1S/C20H23NO4S2/c1-12(21-23)16-7-6-15(9-17(16)13(2)22)27-18-8-14(10-26-18)20(5)11-24-19(3,4)25-20/h6-10,23H,11H2,1-5H3/b21-12+. The number of hydrogen-bond donors (Lipinski definition) is 1. The fourth-order valence-corrected chi connectivity index (χ4v) is 5.18. The number of ether oxygens (including phenoxy) is 2. The summed E-state index contributed by atoms with van der Waals surface area (Å²) < 4.78 is 12.9. The van der Waals surface area contributed by atoms with E-state index in [0.717, 1.165) is 14.7 Å². The Balaban J connectivity index is 1.84. The summed E-state index contributed by atoms with van der Waals surface area (Å²) in [6.07, 6.45) is 0. The molecule has 1 saturated heterocycles. The average molecular weight is 406 g/mol. The van der Waals surface area contributed by atoms with E-state index in [1.165, 1.54) is 6.92 Å². The van der Waals surface area contributed by atoms with Crippen molar-refractivity contribution in [3.05, 3.63) is 46.3 Å². The van der Waals surface area contributed by atoms with Gasteiger partial charge in [-0.15, -0.1) is 11.3 Å². The summed E-state index contributed by atoms with van der Waals surface area (Å²) in [6, 6.07) is 7.71. The third kappa shape index (κ3) is 4.27. The number of hydrogen-bond acceptors (Lipinski definition) is 7. The van der Waals surface area contributed by atoms with E-state index in [1.54, 1.807) is 30.0 Å². The van der Waals surface area contributed by atoms with Crippen LogP contribution in [0.15, 0.2) is 43.9 Å². The smallest absolute Gasteiger partial charge is 0.164 e. The Morgan fingerprint density at radius 2 is 1.96 bits per heavy atom. The van der Waals surface area contributed by atoms with Crippen LogP contribution in [-0.2, 0) is 15.1 Å². The summed E-state index contributed by atoms with van der Waals surface area (Å²) in [6.45, 7) is 9.58. The third-order valence-electron chi connectivity index (χ3n) is 4.48. The highest BCUT2D eigenvalue weighted by atomic mass is 32.2. The molecule has 7 heteroatoms. The Bertz CT molecular complexity index is 903. The van der Waals surface area contributed by atoms with E-state index in [-0.39, 0.29) is 5.78 Å². The van der Waals surface area contributed by atoms with E-state index >= 15 is 0 Å². The molecular weight excluding hydrogens is 382 g/mol. The van der Waals surface area contributed by atoms with Crippen molar-refractivity contribution in [2.45, 2.75) is 55.1 Å². The Morgan fingerprint density at radius 3 is 2.56 bits per heavy atom. The first-order chi connectivity index (χ1) is 12.6. The van der Waals surface area contributed by atoms with Gasteiger partial charge in [0.25, 0.3) is 0 Å². The zero-order chi connectivity index (χ0) is 19.8. The van der Waals surface area contributed by atoms with Crippen molar-refractivity contribution in [1.29, 1.82) is 0 Å². The number of benzene rings is 1. The fourth-order valence-electron chi connectivity index (χ4n) is 3.07. The highest BCUT2D eigenvalue weighted by molar-refractivity contribution is 8.01. The number of thiophene rings is 1. The van der Waals surface area contributed by atoms with Gasteiger partial charge in [-0.2, -0.15) is 0 Å². The lowest BCUT2D eigenvalue weighted by Crippen LogP contribution is -2.27. The van der Waals surface area contributed by atoms with Crippen LogP contribution in [0.1, 0.15) is 56.1 Å². The molecule has 1 fully saturated rings. The third-order valence-corrected chi connectivity index (χ3v) is 6.55. The van der Waals surface area contributed by atoms with E-state index in [1.807, 2.05) is 39.0 Å². The Kier molecular flexibility index (Phi) is 5.49. The molecule has 0 aliphatic carbocycles. The normalized spacial score (nSPS) is 22.2. The quantitative estimate of drug-likeness (QED) is 0.316. The van der Waals surface area contributed by atoms with Crippen molar-refractivity contribution in [1.82, 2.24) is 0 Å². The van der Waals surface area contributed by atoms with E-state index in [9.17, 15) is 4.79 Å².